The zero-order chi connectivity index (χ0) is 19.4. The first kappa shape index (κ1) is 21.6. The molecule has 0 aromatic heterocycles. The first-order chi connectivity index (χ1) is 11.5. The van der Waals surface area contributed by atoms with Crippen LogP contribution >= 0.6 is 0 Å². The lowest BCUT2D eigenvalue weighted by Gasteiger charge is -2.38. The summed E-state index contributed by atoms with van der Waals surface area (Å²) in [6.07, 6.45) is 3.74. The van der Waals surface area contributed by atoms with Gasteiger partial charge in [0.1, 0.15) is 12.3 Å². The lowest BCUT2D eigenvalue weighted by atomic mass is 9.85. The number of hydrogen-bond donors (Lipinski definition) is 1. The Labute approximate surface area is 152 Å². The summed E-state index contributed by atoms with van der Waals surface area (Å²) in [5.74, 6) is -0.298. The fraction of sp³-hybridized carbons (Fsp3) is 0.842. The van der Waals surface area contributed by atoms with Gasteiger partial charge in [0.05, 0.1) is 12.1 Å². The molecule has 1 saturated heterocycles. The van der Waals surface area contributed by atoms with Crippen LogP contribution in [0.1, 0.15) is 53.9 Å². The molecule has 0 spiro atoms. The van der Waals surface area contributed by atoms with Crippen LogP contribution < -0.4 is 5.32 Å². The van der Waals surface area contributed by atoms with Gasteiger partial charge in [0.25, 0.3) is 0 Å². The highest BCUT2D eigenvalue weighted by atomic mass is 16.2. The van der Waals surface area contributed by atoms with E-state index in [9.17, 15) is 14.4 Å². The van der Waals surface area contributed by atoms with Gasteiger partial charge in [0.2, 0.25) is 11.8 Å². The summed E-state index contributed by atoms with van der Waals surface area (Å²) in [4.78, 5) is 40.7. The van der Waals surface area contributed by atoms with Gasteiger partial charge in [-0.2, -0.15) is 0 Å². The number of aldehydes is 1. The maximum Gasteiger partial charge on any atom is 0.246 e. The molecule has 1 rings (SSSR count). The minimum atomic E-state index is -0.665. The van der Waals surface area contributed by atoms with Gasteiger partial charge in [-0.15, -0.1) is 0 Å². The maximum absolute atomic E-state index is 13.0. The molecular weight excluding hydrogens is 318 g/mol. The minimum absolute atomic E-state index is 0.0206. The molecule has 3 atom stereocenters. The lowest BCUT2D eigenvalue weighted by molar-refractivity contribution is -0.143. The topological polar surface area (TPSA) is 69.7 Å². The van der Waals surface area contributed by atoms with Crippen molar-refractivity contribution in [1.82, 2.24) is 15.1 Å². The van der Waals surface area contributed by atoms with Crippen LogP contribution in [0.25, 0.3) is 0 Å². The molecule has 0 bridgehead atoms. The summed E-state index contributed by atoms with van der Waals surface area (Å²) < 4.78 is 0. The monoisotopic (exact) mass is 353 g/mol. The number of likely N-dealkylation sites (tertiary alicyclic amines) is 1. The third-order valence-corrected chi connectivity index (χ3v) is 5.09. The fourth-order valence-electron chi connectivity index (χ4n) is 3.34. The van der Waals surface area contributed by atoms with Crippen LogP contribution in [0.4, 0.5) is 0 Å². The average molecular weight is 354 g/mol. The van der Waals surface area contributed by atoms with Gasteiger partial charge in [0, 0.05) is 7.05 Å². The van der Waals surface area contributed by atoms with Crippen LogP contribution in [0.15, 0.2) is 0 Å². The molecule has 1 aliphatic rings. The van der Waals surface area contributed by atoms with Crippen molar-refractivity contribution in [2.75, 3.05) is 20.6 Å². The molecule has 1 heterocycles. The zero-order valence-electron chi connectivity index (χ0n) is 16.8. The number of rotatable bonds is 6. The summed E-state index contributed by atoms with van der Waals surface area (Å²) in [5.41, 5.74) is -0.446. The van der Waals surface area contributed by atoms with Crippen molar-refractivity contribution in [2.45, 2.75) is 72.0 Å². The van der Waals surface area contributed by atoms with E-state index in [-0.39, 0.29) is 23.8 Å². The molecule has 0 aromatic carbocycles. The zero-order valence-corrected chi connectivity index (χ0v) is 16.8. The van der Waals surface area contributed by atoms with E-state index in [1.807, 2.05) is 41.7 Å². The van der Waals surface area contributed by atoms with Gasteiger partial charge in [-0.05, 0) is 37.8 Å². The quantitative estimate of drug-likeness (QED) is 0.738. The molecule has 0 aliphatic carbocycles. The number of hydrogen-bond acceptors (Lipinski definition) is 4. The molecule has 1 aliphatic heterocycles. The molecule has 144 valence electrons. The fourth-order valence-corrected chi connectivity index (χ4v) is 3.34. The van der Waals surface area contributed by atoms with Gasteiger partial charge in [0.15, 0.2) is 0 Å². The Morgan fingerprint density at radius 2 is 1.84 bits per heavy atom. The lowest BCUT2D eigenvalue weighted by Crippen LogP contribution is -2.60. The molecule has 0 saturated carbocycles. The Morgan fingerprint density at radius 1 is 1.24 bits per heavy atom. The summed E-state index contributed by atoms with van der Waals surface area (Å²) in [7, 11) is 3.59. The third kappa shape index (κ3) is 5.53. The van der Waals surface area contributed by atoms with E-state index >= 15 is 0 Å². The Hall–Kier alpha value is -1.43. The maximum atomic E-state index is 13.0. The Kier molecular flexibility index (Phi) is 7.60. The second kappa shape index (κ2) is 8.79. The molecule has 25 heavy (non-hydrogen) atoms. The summed E-state index contributed by atoms with van der Waals surface area (Å²) in [6.45, 7) is 10.5. The third-order valence-electron chi connectivity index (χ3n) is 5.09. The van der Waals surface area contributed by atoms with Crippen LogP contribution in [0, 0.1) is 11.3 Å². The van der Waals surface area contributed by atoms with Crippen LogP contribution in [0.3, 0.4) is 0 Å². The molecule has 0 aromatic rings. The van der Waals surface area contributed by atoms with E-state index in [1.165, 1.54) is 4.90 Å². The number of nitrogens with zero attached hydrogens (tertiary/aromatic N) is 2. The van der Waals surface area contributed by atoms with Crippen molar-refractivity contribution in [3.8, 4) is 0 Å². The smallest absolute Gasteiger partial charge is 0.246 e. The number of carbonyl (C=O) groups is 3. The molecule has 1 fully saturated rings. The Bertz CT molecular complexity index is 485. The second-order valence-corrected chi connectivity index (χ2v) is 8.62. The standard InChI is InChI=1S/C19H35N3O3/c1-13(2)15(12-23)22(7)18(25)16(19(3,4)5)20-17(24)14-10-8-9-11-21(14)6/h12-16H,8-11H2,1-7H3,(H,20,24). The van der Waals surface area contributed by atoms with Crippen molar-refractivity contribution >= 4 is 18.1 Å². The molecule has 0 radical (unpaired) electrons. The van der Waals surface area contributed by atoms with Gasteiger partial charge in [-0.1, -0.05) is 41.0 Å². The van der Waals surface area contributed by atoms with E-state index in [4.69, 9.17) is 0 Å². The van der Waals surface area contributed by atoms with Gasteiger partial charge in [-0.25, -0.2) is 0 Å². The van der Waals surface area contributed by atoms with Crippen LogP contribution in [-0.2, 0) is 14.4 Å². The highest BCUT2D eigenvalue weighted by molar-refractivity contribution is 5.91. The van der Waals surface area contributed by atoms with Crippen molar-refractivity contribution in [2.24, 2.45) is 11.3 Å². The predicted molar refractivity (Wildman–Crippen MR) is 99.1 cm³/mol. The number of likely N-dealkylation sites (N-methyl/N-ethyl adjacent to an activating group) is 2. The first-order valence-corrected chi connectivity index (χ1v) is 9.23. The summed E-state index contributed by atoms with van der Waals surface area (Å²) in [5, 5.41) is 2.97. The Balaban J connectivity index is 2.95. The number of piperidine rings is 1. The average Bonchev–Trinajstić information content (AvgIpc) is 2.51. The molecule has 3 unspecified atom stereocenters. The van der Waals surface area contributed by atoms with Crippen molar-refractivity contribution in [3.05, 3.63) is 0 Å². The van der Waals surface area contributed by atoms with E-state index in [0.29, 0.717) is 0 Å². The van der Waals surface area contributed by atoms with E-state index < -0.39 is 17.5 Å². The van der Waals surface area contributed by atoms with Crippen molar-refractivity contribution < 1.29 is 14.4 Å². The van der Waals surface area contributed by atoms with Crippen LogP contribution in [0.5, 0.6) is 0 Å². The Morgan fingerprint density at radius 3 is 2.28 bits per heavy atom. The number of carbonyl (C=O) groups excluding carboxylic acids is 3. The summed E-state index contributed by atoms with van der Waals surface area (Å²) >= 11 is 0. The predicted octanol–water partition coefficient (Wildman–Crippen LogP) is 1.68. The molecule has 6 heteroatoms. The minimum Gasteiger partial charge on any atom is -0.342 e. The van der Waals surface area contributed by atoms with Gasteiger partial charge >= 0.3 is 0 Å². The number of nitrogens with one attached hydrogen (secondary N) is 1. The van der Waals surface area contributed by atoms with Gasteiger partial charge < -0.3 is 15.0 Å². The SMILES string of the molecule is CC(C)C(C=O)N(C)C(=O)C(NC(=O)C1CCCCN1C)C(C)(C)C. The largest absolute Gasteiger partial charge is 0.342 e. The second-order valence-electron chi connectivity index (χ2n) is 8.62. The normalized spacial score (nSPS) is 21.5. The highest BCUT2D eigenvalue weighted by Gasteiger charge is 2.39. The van der Waals surface area contributed by atoms with E-state index in [2.05, 4.69) is 10.2 Å². The number of amides is 2. The van der Waals surface area contributed by atoms with E-state index in [1.54, 1.807) is 7.05 Å². The van der Waals surface area contributed by atoms with Crippen LogP contribution in [0.2, 0.25) is 0 Å². The van der Waals surface area contributed by atoms with E-state index in [0.717, 1.165) is 32.1 Å². The molecule has 6 nitrogen and oxygen atoms in total. The molecular formula is C19H35N3O3. The highest BCUT2D eigenvalue weighted by Crippen LogP contribution is 2.24. The van der Waals surface area contributed by atoms with Gasteiger partial charge in [-0.3, -0.25) is 14.5 Å². The molecule has 1 N–H and O–H groups in total. The van der Waals surface area contributed by atoms with Crippen molar-refractivity contribution in [1.29, 1.82) is 0 Å². The van der Waals surface area contributed by atoms with Crippen LogP contribution in [-0.4, -0.2) is 66.7 Å². The van der Waals surface area contributed by atoms with Crippen molar-refractivity contribution in [3.63, 3.8) is 0 Å². The molecule has 2 amide bonds. The summed E-state index contributed by atoms with van der Waals surface area (Å²) in [6, 6.07) is -1.35. The first-order valence-electron chi connectivity index (χ1n) is 9.23.